The van der Waals surface area contributed by atoms with Crippen LogP contribution >= 0.6 is 0 Å². The molecule has 1 saturated heterocycles. The molecule has 1 N–H and O–H groups in total. The zero-order chi connectivity index (χ0) is 15.2. The van der Waals surface area contributed by atoms with Crippen molar-refractivity contribution < 1.29 is 9.90 Å². The van der Waals surface area contributed by atoms with E-state index < -0.39 is 0 Å². The first kappa shape index (κ1) is 15.5. The van der Waals surface area contributed by atoms with E-state index in [-0.39, 0.29) is 18.6 Å². The van der Waals surface area contributed by atoms with Gasteiger partial charge in [-0.3, -0.25) is 9.69 Å². The fourth-order valence-electron chi connectivity index (χ4n) is 2.70. The highest BCUT2D eigenvalue weighted by atomic mass is 16.3. The van der Waals surface area contributed by atoms with Gasteiger partial charge in [-0.05, 0) is 24.6 Å². The van der Waals surface area contributed by atoms with Gasteiger partial charge in [0.1, 0.15) is 0 Å². The molecular formula is C16H21N3O2. The summed E-state index contributed by atoms with van der Waals surface area (Å²) in [5.74, 6) is -0.0243. The summed E-state index contributed by atoms with van der Waals surface area (Å²) in [5, 5.41) is 18.2. The average molecular weight is 287 g/mol. The van der Waals surface area contributed by atoms with Gasteiger partial charge in [-0.2, -0.15) is 5.26 Å². The molecule has 112 valence electrons. The van der Waals surface area contributed by atoms with E-state index >= 15 is 0 Å². The second kappa shape index (κ2) is 7.21. The number of piperazine rings is 1. The van der Waals surface area contributed by atoms with E-state index in [9.17, 15) is 9.90 Å². The molecule has 1 aliphatic heterocycles. The molecule has 5 heteroatoms. The van der Waals surface area contributed by atoms with E-state index in [2.05, 4.69) is 17.9 Å². The maximum Gasteiger partial charge on any atom is 0.253 e. The lowest BCUT2D eigenvalue weighted by molar-refractivity contribution is 0.0472. The monoisotopic (exact) mass is 287 g/mol. The van der Waals surface area contributed by atoms with Crippen LogP contribution in [0, 0.1) is 11.3 Å². The predicted octanol–water partition coefficient (Wildman–Crippen LogP) is 1.09. The quantitative estimate of drug-likeness (QED) is 0.900. The number of aliphatic hydroxyl groups is 1. The van der Waals surface area contributed by atoms with Crippen LogP contribution in [0.1, 0.15) is 29.3 Å². The van der Waals surface area contributed by atoms with E-state index in [4.69, 9.17) is 5.26 Å². The van der Waals surface area contributed by atoms with Crippen molar-refractivity contribution in [3.63, 3.8) is 0 Å². The molecule has 1 aromatic rings. The van der Waals surface area contributed by atoms with E-state index in [1.807, 2.05) is 4.90 Å². The van der Waals surface area contributed by atoms with Crippen molar-refractivity contribution in [1.82, 2.24) is 9.80 Å². The Morgan fingerprint density at radius 1 is 1.38 bits per heavy atom. The fourth-order valence-corrected chi connectivity index (χ4v) is 2.70. The van der Waals surface area contributed by atoms with Crippen LogP contribution in [0.3, 0.4) is 0 Å². The topological polar surface area (TPSA) is 67.6 Å². The maximum absolute atomic E-state index is 12.4. The summed E-state index contributed by atoms with van der Waals surface area (Å²) in [6, 6.07) is 9.06. The Morgan fingerprint density at radius 2 is 2.10 bits per heavy atom. The number of amides is 1. The highest BCUT2D eigenvalue weighted by molar-refractivity contribution is 5.94. The highest BCUT2D eigenvalue weighted by Crippen LogP contribution is 2.13. The third-order valence-corrected chi connectivity index (χ3v) is 4.04. The summed E-state index contributed by atoms with van der Waals surface area (Å²) in [6.45, 7) is 5.10. The zero-order valence-electron chi connectivity index (χ0n) is 12.3. The molecule has 1 atom stereocenters. The molecule has 0 saturated carbocycles. The standard InChI is InChI=1S/C16H21N3O2/c1-2-15(12-20)18-6-8-19(9-7-18)16(21)14-5-3-4-13(10-14)11-17/h3-5,10,15,20H,2,6-9,12H2,1H3. The normalized spacial score (nSPS) is 17.3. The lowest BCUT2D eigenvalue weighted by Gasteiger charge is -2.38. The molecule has 0 aromatic heterocycles. The Kier molecular flexibility index (Phi) is 5.32. The number of rotatable bonds is 4. The van der Waals surface area contributed by atoms with Gasteiger partial charge in [0, 0.05) is 37.8 Å². The number of nitriles is 1. The molecule has 5 nitrogen and oxygen atoms in total. The molecule has 1 aromatic carbocycles. The Balaban J connectivity index is 1.98. The van der Waals surface area contributed by atoms with E-state index in [1.54, 1.807) is 24.3 Å². The number of hydrogen-bond acceptors (Lipinski definition) is 4. The molecule has 0 radical (unpaired) electrons. The van der Waals surface area contributed by atoms with Gasteiger partial charge in [0.05, 0.1) is 18.2 Å². The molecule has 21 heavy (non-hydrogen) atoms. The van der Waals surface area contributed by atoms with Crippen LogP contribution in [0.25, 0.3) is 0 Å². The Morgan fingerprint density at radius 3 is 2.67 bits per heavy atom. The summed E-state index contributed by atoms with van der Waals surface area (Å²) in [4.78, 5) is 16.5. The van der Waals surface area contributed by atoms with Gasteiger partial charge in [0.15, 0.2) is 0 Å². The van der Waals surface area contributed by atoms with Crippen molar-refractivity contribution in [3.8, 4) is 6.07 Å². The number of carbonyl (C=O) groups excluding carboxylic acids is 1. The number of hydrogen-bond donors (Lipinski definition) is 1. The van der Waals surface area contributed by atoms with Crippen molar-refractivity contribution in [3.05, 3.63) is 35.4 Å². The van der Waals surface area contributed by atoms with Crippen LogP contribution in [0.15, 0.2) is 24.3 Å². The molecule has 1 unspecified atom stereocenters. The Labute approximate surface area is 125 Å². The van der Waals surface area contributed by atoms with Crippen LogP contribution in [0.4, 0.5) is 0 Å². The van der Waals surface area contributed by atoms with E-state index in [0.29, 0.717) is 24.2 Å². The summed E-state index contributed by atoms with van der Waals surface area (Å²) in [7, 11) is 0. The molecule has 1 heterocycles. The minimum Gasteiger partial charge on any atom is -0.395 e. The minimum absolute atomic E-state index is 0.0243. The van der Waals surface area contributed by atoms with Crippen LogP contribution in [0.2, 0.25) is 0 Å². The molecule has 0 spiro atoms. The van der Waals surface area contributed by atoms with Gasteiger partial charge in [0.25, 0.3) is 5.91 Å². The van der Waals surface area contributed by atoms with Gasteiger partial charge < -0.3 is 10.0 Å². The van der Waals surface area contributed by atoms with Crippen LogP contribution in [-0.4, -0.2) is 59.6 Å². The summed E-state index contributed by atoms with van der Waals surface area (Å²) >= 11 is 0. The second-order valence-corrected chi connectivity index (χ2v) is 5.27. The smallest absolute Gasteiger partial charge is 0.253 e. The lowest BCUT2D eigenvalue weighted by Crippen LogP contribution is -2.52. The number of nitrogens with zero attached hydrogens (tertiary/aromatic N) is 3. The van der Waals surface area contributed by atoms with Gasteiger partial charge in [0.2, 0.25) is 0 Å². The third-order valence-electron chi connectivity index (χ3n) is 4.04. The third kappa shape index (κ3) is 3.60. The summed E-state index contributed by atoms with van der Waals surface area (Å²) in [6.07, 6.45) is 0.911. The second-order valence-electron chi connectivity index (χ2n) is 5.27. The van der Waals surface area contributed by atoms with Gasteiger partial charge in [-0.15, -0.1) is 0 Å². The molecule has 1 amide bonds. The fraction of sp³-hybridized carbons (Fsp3) is 0.500. The number of carbonyl (C=O) groups is 1. The number of aliphatic hydroxyl groups excluding tert-OH is 1. The van der Waals surface area contributed by atoms with Gasteiger partial charge in [-0.25, -0.2) is 0 Å². The first-order valence-electron chi connectivity index (χ1n) is 7.34. The van der Waals surface area contributed by atoms with Crippen LogP contribution in [-0.2, 0) is 0 Å². The molecule has 1 fully saturated rings. The SMILES string of the molecule is CCC(CO)N1CCN(C(=O)c2cccc(C#N)c2)CC1. The van der Waals surface area contributed by atoms with Crippen LogP contribution < -0.4 is 0 Å². The van der Waals surface area contributed by atoms with Crippen molar-refractivity contribution in [2.75, 3.05) is 32.8 Å². The predicted molar refractivity (Wildman–Crippen MR) is 79.8 cm³/mol. The lowest BCUT2D eigenvalue weighted by atomic mass is 10.1. The maximum atomic E-state index is 12.4. The Bertz CT molecular complexity index is 527. The van der Waals surface area contributed by atoms with E-state index in [1.165, 1.54) is 0 Å². The molecular weight excluding hydrogens is 266 g/mol. The number of benzene rings is 1. The summed E-state index contributed by atoms with van der Waals surface area (Å²) in [5.41, 5.74) is 1.07. The first-order chi connectivity index (χ1) is 10.2. The largest absolute Gasteiger partial charge is 0.395 e. The summed E-state index contributed by atoms with van der Waals surface area (Å²) < 4.78 is 0. The molecule has 0 bridgehead atoms. The van der Waals surface area contributed by atoms with E-state index in [0.717, 1.165) is 19.5 Å². The van der Waals surface area contributed by atoms with Crippen molar-refractivity contribution in [1.29, 1.82) is 5.26 Å². The van der Waals surface area contributed by atoms with Crippen molar-refractivity contribution in [2.24, 2.45) is 0 Å². The van der Waals surface area contributed by atoms with Crippen LogP contribution in [0.5, 0.6) is 0 Å². The van der Waals surface area contributed by atoms with Crippen molar-refractivity contribution >= 4 is 5.91 Å². The Hall–Kier alpha value is -1.90. The molecule has 0 aliphatic carbocycles. The zero-order valence-corrected chi connectivity index (χ0v) is 12.3. The van der Waals surface area contributed by atoms with Gasteiger partial charge >= 0.3 is 0 Å². The highest BCUT2D eigenvalue weighted by Gasteiger charge is 2.25. The molecule has 2 rings (SSSR count). The first-order valence-corrected chi connectivity index (χ1v) is 7.34. The average Bonchev–Trinajstić information content (AvgIpc) is 2.56. The van der Waals surface area contributed by atoms with Crippen molar-refractivity contribution in [2.45, 2.75) is 19.4 Å². The minimum atomic E-state index is -0.0243. The molecule has 1 aliphatic rings. The van der Waals surface area contributed by atoms with Gasteiger partial charge in [-0.1, -0.05) is 13.0 Å².